The average Bonchev–Trinajstić information content (AvgIpc) is 2.77. The number of nitrogens with zero attached hydrogens (tertiary/aromatic N) is 4. The average molecular weight is 275 g/mol. The number of rotatable bonds is 5. The predicted molar refractivity (Wildman–Crippen MR) is 76.4 cm³/mol. The van der Waals surface area contributed by atoms with Gasteiger partial charge in [0.15, 0.2) is 0 Å². The van der Waals surface area contributed by atoms with Gasteiger partial charge in [0.25, 0.3) is 5.78 Å². The fourth-order valence-corrected chi connectivity index (χ4v) is 2.12. The second-order valence-corrected chi connectivity index (χ2v) is 5.34. The standard InChI is InChI=1S/C14H21N5O/c1-9(2)13(20)15-7-5-6-12-17-18-14-16-10(3)8-11(4)19(12)14/h8-9H,5-7H2,1-4H3,(H,15,20). The maximum absolute atomic E-state index is 11.5. The van der Waals surface area contributed by atoms with Gasteiger partial charge in [0.2, 0.25) is 5.91 Å². The molecule has 0 aromatic carbocycles. The van der Waals surface area contributed by atoms with E-state index in [1.54, 1.807) is 0 Å². The van der Waals surface area contributed by atoms with Crippen LogP contribution in [0.25, 0.3) is 5.78 Å². The molecule has 2 heterocycles. The number of aryl methyl sites for hydroxylation is 3. The van der Waals surface area contributed by atoms with Crippen LogP contribution in [0.2, 0.25) is 0 Å². The lowest BCUT2D eigenvalue weighted by atomic mass is 10.2. The van der Waals surface area contributed by atoms with Crippen molar-refractivity contribution in [2.24, 2.45) is 5.92 Å². The number of aromatic nitrogens is 4. The molecule has 0 spiro atoms. The summed E-state index contributed by atoms with van der Waals surface area (Å²) in [6.45, 7) is 8.40. The normalized spacial score (nSPS) is 11.2. The molecular formula is C14H21N5O. The Morgan fingerprint density at radius 2 is 2.10 bits per heavy atom. The van der Waals surface area contributed by atoms with Crippen LogP contribution in [0.3, 0.4) is 0 Å². The maximum Gasteiger partial charge on any atom is 0.255 e. The van der Waals surface area contributed by atoms with Crippen LogP contribution in [0.1, 0.15) is 37.5 Å². The molecule has 2 aromatic rings. The first-order valence-electron chi connectivity index (χ1n) is 6.95. The lowest BCUT2D eigenvalue weighted by Gasteiger charge is -2.07. The Balaban J connectivity index is 1.99. The molecule has 1 amide bonds. The molecular weight excluding hydrogens is 254 g/mol. The second-order valence-electron chi connectivity index (χ2n) is 5.34. The van der Waals surface area contributed by atoms with Crippen molar-refractivity contribution in [3.8, 4) is 0 Å². The van der Waals surface area contributed by atoms with Crippen LogP contribution in [0, 0.1) is 19.8 Å². The Morgan fingerprint density at radius 3 is 2.80 bits per heavy atom. The molecule has 1 N–H and O–H groups in total. The van der Waals surface area contributed by atoms with Gasteiger partial charge in [-0.2, -0.15) is 0 Å². The third-order valence-electron chi connectivity index (χ3n) is 3.16. The van der Waals surface area contributed by atoms with E-state index in [0.29, 0.717) is 12.3 Å². The van der Waals surface area contributed by atoms with Crippen LogP contribution in [0.5, 0.6) is 0 Å². The molecule has 0 saturated carbocycles. The minimum absolute atomic E-state index is 0.0262. The van der Waals surface area contributed by atoms with Crippen molar-refractivity contribution in [1.29, 1.82) is 0 Å². The second kappa shape index (κ2) is 5.98. The van der Waals surface area contributed by atoms with E-state index in [1.165, 1.54) is 0 Å². The Kier molecular flexibility index (Phi) is 4.32. The molecule has 0 aliphatic heterocycles. The summed E-state index contributed by atoms with van der Waals surface area (Å²) in [6.07, 6.45) is 1.61. The van der Waals surface area contributed by atoms with Crippen LogP contribution in [-0.4, -0.2) is 32.0 Å². The minimum atomic E-state index is 0.0262. The molecule has 20 heavy (non-hydrogen) atoms. The summed E-state index contributed by atoms with van der Waals surface area (Å²) in [5, 5.41) is 11.2. The number of hydrogen-bond acceptors (Lipinski definition) is 4. The molecule has 6 heteroatoms. The lowest BCUT2D eigenvalue weighted by Crippen LogP contribution is -2.28. The highest BCUT2D eigenvalue weighted by molar-refractivity contribution is 5.77. The fraction of sp³-hybridized carbons (Fsp3) is 0.571. The Hall–Kier alpha value is -1.98. The number of nitrogens with one attached hydrogen (secondary N) is 1. The van der Waals surface area contributed by atoms with E-state index in [0.717, 1.165) is 30.1 Å². The SMILES string of the molecule is Cc1cc(C)n2c(CCCNC(=O)C(C)C)nnc2n1. The van der Waals surface area contributed by atoms with E-state index >= 15 is 0 Å². The van der Waals surface area contributed by atoms with Gasteiger partial charge >= 0.3 is 0 Å². The van der Waals surface area contributed by atoms with Gasteiger partial charge in [0.05, 0.1) is 0 Å². The van der Waals surface area contributed by atoms with Gasteiger partial charge in [-0.25, -0.2) is 4.98 Å². The third kappa shape index (κ3) is 3.12. The molecule has 0 bridgehead atoms. The molecule has 2 aromatic heterocycles. The summed E-state index contributed by atoms with van der Waals surface area (Å²) < 4.78 is 1.97. The van der Waals surface area contributed by atoms with Crippen LogP contribution < -0.4 is 5.32 Å². The van der Waals surface area contributed by atoms with Gasteiger partial charge in [0.1, 0.15) is 5.82 Å². The van der Waals surface area contributed by atoms with Crippen molar-refractivity contribution in [2.45, 2.75) is 40.5 Å². The first kappa shape index (κ1) is 14.4. The first-order valence-corrected chi connectivity index (χ1v) is 6.95. The molecule has 0 radical (unpaired) electrons. The van der Waals surface area contributed by atoms with Gasteiger partial charge in [0, 0.05) is 30.3 Å². The molecule has 0 fully saturated rings. The monoisotopic (exact) mass is 275 g/mol. The zero-order valence-corrected chi connectivity index (χ0v) is 12.5. The largest absolute Gasteiger partial charge is 0.356 e. The maximum atomic E-state index is 11.5. The van der Waals surface area contributed by atoms with E-state index < -0.39 is 0 Å². The van der Waals surface area contributed by atoms with Crippen LogP contribution in [0.4, 0.5) is 0 Å². The molecule has 108 valence electrons. The van der Waals surface area contributed by atoms with Gasteiger partial charge in [-0.15, -0.1) is 10.2 Å². The molecule has 2 rings (SSSR count). The summed E-state index contributed by atoms with van der Waals surface area (Å²) in [5.41, 5.74) is 2.02. The summed E-state index contributed by atoms with van der Waals surface area (Å²) in [5.74, 6) is 1.65. The van der Waals surface area contributed by atoms with Crippen LogP contribution in [-0.2, 0) is 11.2 Å². The molecule has 0 unspecified atom stereocenters. The summed E-state index contributed by atoms with van der Waals surface area (Å²) in [4.78, 5) is 15.8. The van der Waals surface area contributed by atoms with E-state index in [-0.39, 0.29) is 11.8 Å². The molecule has 0 aliphatic rings. The number of carbonyl (C=O) groups excluding carboxylic acids is 1. The molecule has 0 aliphatic carbocycles. The van der Waals surface area contributed by atoms with E-state index in [2.05, 4.69) is 20.5 Å². The Labute approximate surface area is 118 Å². The Morgan fingerprint density at radius 1 is 1.35 bits per heavy atom. The highest BCUT2D eigenvalue weighted by Gasteiger charge is 2.10. The topological polar surface area (TPSA) is 72.2 Å². The van der Waals surface area contributed by atoms with E-state index in [1.807, 2.05) is 38.2 Å². The first-order chi connectivity index (χ1) is 9.49. The van der Waals surface area contributed by atoms with Crippen molar-refractivity contribution in [2.75, 3.05) is 6.54 Å². The Bertz CT molecular complexity index is 617. The third-order valence-corrected chi connectivity index (χ3v) is 3.16. The fourth-order valence-electron chi connectivity index (χ4n) is 2.12. The molecule has 6 nitrogen and oxygen atoms in total. The smallest absolute Gasteiger partial charge is 0.255 e. The highest BCUT2D eigenvalue weighted by Crippen LogP contribution is 2.09. The predicted octanol–water partition coefficient (Wildman–Crippen LogP) is 1.45. The quantitative estimate of drug-likeness (QED) is 0.838. The lowest BCUT2D eigenvalue weighted by molar-refractivity contribution is -0.123. The van der Waals surface area contributed by atoms with Gasteiger partial charge in [-0.3, -0.25) is 9.20 Å². The molecule has 0 atom stereocenters. The van der Waals surface area contributed by atoms with Gasteiger partial charge in [-0.1, -0.05) is 13.8 Å². The van der Waals surface area contributed by atoms with E-state index in [4.69, 9.17) is 0 Å². The zero-order chi connectivity index (χ0) is 14.7. The number of amides is 1. The van der Waals surface area contributed by atoms with Crippen LogP contribution >= 0.6 is 0 Å². The van der Waals surface area contributed by atoms with Crippen molar-refractivity contribution in [3.05, 3.63) is 23.3 Å². The van der Waals surface area contributed by atoms with Crippen molar-refractivity contribution >= 4 is 11.7 Å². The summed E-state index contributed by atoms with van der Waals surface area (Å²) in [6, 6.07) is 2.01. The molecule has 0 saturated heterocycles. The van der Waals surface area contributed by atoms with Gasteiger partial charge < -0.3 is 5.32 Å². The van der Waals surface area contributed by atoms with Crippen molar-refractivity contribution in [3.63, 3.8) is 0 Å². The minimum Gasteiger partial charge on any atom is -0.356 e. The highest BCUT2D eigenvalue weighted by atomic mass is 16.1. The van der Waals surface area contributed by atoms with Crippen LogP contribution in [0.15, 0.2) is 6.07 Å². The summed E-state index contributed by atoms with van der Waals surface area (Å²) >= 11 is 0. The number of hydrogen-bond donors (Lipinski definition) is 1. The van der Waals surface area contributed by atoms with Gasteiger partial charge in [-0.05, 0) is 26.3 Å². The van der Waals surface area contributed by atoms with E-state index in [9.17, 15) is 4.79 Å². The summed E-state index contributed by atoms with van der Waals surface area (Å²) in [7, 11) is 0. The van der Waals surface area contributed by atoms with Crippen molar-refractivity contribution < 1.29 is 4.79 Å². The van der Waals surface area contributed by atoms with Crippen molar-refractivity contribution in [1.82, 2.24) is 24.9 Å². The zero-order valence-electron chi connectivity index (χ0n) is 12.5. The number of carbonyl (C=O) groups is 1. The number of fused-ring (bicyclic) bond motifs is 1.